The molecule has 3 saturated heterocycles. The first-order chi connectivity index (χ1) is 14.6. The van der Waals surface area contributed by atoms with E-state index in [2.05, 4.69) is 4.74 Å². The molecule has 31 heavy (non-hydrogen) atoms. The first-order valence-electron chi connectivity index (χ1n) is 9.96. The van der Waals surface area contributed by atoms with Crippen LogP contribution in [0.1, 0.15) is 43.6 Å². The van der Waals surface area contributed by atoms with E-state index in [1.807, 2.05) is 0 Å². The van der Waals surface area contributed by atoms with Gasteiger partial charge in [-0.1, -0.05) is 12.1 Å². The Bertz CT molecular complexity index is 866. The zero-order valence-corrected chi connectivity index (χ0v) is 16.5. The Morgan fingerprint density at radius 3 is 2.45 bits per heavy atom. The number of amides is 3. The zero-order valence-electron chi connectivity index (χ0n) is 16.5. The van der Waals surface area contributed by atoms with Gasteiger partial charge in [0.15, 0.2) is 0 Å². The van der Waals surface area contributed by atoms with Crippen LogP contribution in [-0.4, -0.2) is 59.5 Å². The summed E-state index contributed by atoms with van der Waals surface area (Å²) < 4.78 is 47.5. The van der Waals surface area contributed by atoms with E-state index in [-0.39, 0.29) is 24.5 Å². The maximum Gasteiger partial charge on any atom is 0.573 e. The van der Waals surface area contributed by atoms with E-state index in [0.29, 0.717) is 49.6 Å². The zero-order chi connectivity index (χ0) is 22.2. The van der Waals surface area contributed by atoms with Crippen LogP contribution >= 0.6 is 0 Å². The normalized spacial score (nSPS) is 23.5. The summed E-state index contributed by atoms with van der Waals surface area (Å²) in [5.41, 5.74) is 0.216. The molecule has 3 aliphatic heterocycles. The molecule has 1 aromatic rings. The van der Waals surface area contributed by atoms with E-state index in [1.165, 1.54) is 23.1 Å². The third kappa shape index (κ3) is 4.76. The molecule has 0 saturated carbocycles. The molecule has 0 aromatic heterocycles. The lowest BCUT2D eigenvalue weighted by Crippen LogP contribution is -2.48. The first-order valence-corrected chi connectivity index (χ1v) is 9.96. The molecule has 4 rings (SSSR count). The summed E-state index contributed by atoms with van der Waals surface area (Å²) >= 11 is 0. The number of alkyl halides is 3. The van der Waals surface area contributed by atoms with Gasteiger partial charge in [0, 0.05) is 31.8 Å². The van der Waals surface area contributed by atoms with E-state index in [4.69, 9.17) is 9.57 Å². The maximum absolute atomic E-state index is 12.5. The van der Waals surface area contributed by atoms with Crippen molar-refractivity contribution < 1.29 is 41.9 Å². The number of hydrogen-bond acceptors (Lipinski definition) is 6. The van der Waals surface area contributed by atoms with Crippen LogP contribution in [0.2, 0.25) is 0 Å². The Hall–Kier alpha value is -2.82. The smallest absolute Gasteiger partial charge is 0.406 e. The van der Waals surface area contributed by atoms with Gasteiger partial charge in [0.25, 0.3) is 11.8 Å². The van der Waals surface area contributed by atoms with Gasteiger partial charge >= 0.3 is 12.5 Å². The number of ether oxygens (including phenoxy) is 2. The molecular weight excluding hydrogens is 421 g/mol. The molecule has 0 N–H and O–H groups in total. The monoisotopic (exact) mass is 442 g/mol. The Morgan fingerprint density at radius 1 is 1.13 bits per heavy atom. The van der Waals surface area contributed by atoms with E-state index in [0.717, 1.165) is 0 Å². The molecular formula is C20H21F3N2O6. The third-order valence-electron chi connectivity index (χ3n) is 5.88. The fourth-order valence-corrected chi connectivity index (χ4v) is 4.26. The minimum atomic E-state index is -4.75. The van der Waals surface area contributed by atoms with Crippen molar-refractivity contribution in [1.29, 1.82) is 0 Å². The van der Waals surface area contributed by atoms with Crippen molar-refractivity contribution in [3.8, 4) is 5.75 Å². The Labute approximate surface area is 175 Å². The number of carbonyl (C=O) groups excluding carboxylic acids is 3. The standard InChI is InChI=1S/C20H21F3N2O6/c21-20(22,23)30-15-3-1-2-13(10-15)14-11-19(29-12-14)6-8-24(9-7-19)18(28)31-25-16(26)4-5-17(25)27/h1-3,10,14H,4-9,11-12H2. The van der Waals surface area contributed by atoms with Crippen LogP contribution in [-0.2, 0) is 19.2 Å². The molecule has 0 radical (unpaired) electrons. The molecule has 1 atom stereocenters. The fraction of sp³-hybridized carbons (Fsp3) is 0.550. The molecule has 168 valence electrons. The highest BCUT2D eigenvalue weighted by Crippen LogP contribution is 2.43. The number of likely N-dealkylation sites (tertiary alicyclic amines) is 1. The van der Waals surface area contributed by atoms with Gasteiger partial charge in [0.1, 0.15) is 5.75 Å². The number of piperidine rings is 1. The highest BCUT2D eigenvalue weighted by Gasteiger charge is 2.45. The molecule has 1 spiro atoms. The summed E-state index contributed by atoms with van der Waals surface area (Å²) in [4.78, 5) is 41.8. The van der Waals surface area contributed by atoms with Gasteiger partial charge in [-0.05, 0) is 37.0 Å². The first kappa shape index (κ1) is 21.4. The van der Waals surface area contributed by atoms with Gasteiger partial charge in [-0.2, -0.15) is 0 Å². The molecule has 8 nitrogen and oxygen atoms in total. The third-order valence-corrected chi connectivity index (χ3v) is 5.88. The second-order valence-electron chi connectivity index (χ2n) is 7.94. The summed E-state index contributed by atoms with van der Waals surface area (Å²) in [7, 11) is 0. The molecule has 3 heterocycles. The minimum absolute atomic E-state index is 0.0274. The minimum Gasteiger partial charge on any atom is -0.406 e. The van der Waals surface area contributed by atoms with E-state index in [1.54, 1.807) is 6.07 Å². The van der Waals surface area contributed by atoms with Crippen molar-refractivity contribution in [3.05, 3.63) is 29.8 Å². The quantitative estimate of drug-likeness (QED) is 0.669. The number of hydroxylamine groups is 2. The van der Waals surface area contributed by atoms with Crippen molar-refractivity contribution in [2.75, 3.05) is 19.7 Å². The Morgan fingerprint density at radius 2 is 1.81 bits per heavy atom. The van der Waals surface area contributed by atoms with E-state index in [9.17, 15) is 27.6 Å². The molecule has 11 heteroatoms. The Kier molecular flexibility index (Phi) is 5.54. The van der Waals surface area contributed by atoms with Crippen LogP contribution in [0.5, 0.6) is 5.75 Å². The lowest BCUT2D eigenvalue weighted by Gasteiger charge is -2.38. The highest BCUT2D eigenvalue weighted by atomic mass is 19.4. The summed E-state index contributed by atoms with van der Waals surface area (Å²) in [6.45, 7) is 0.995. The lowest BCUT2D eigenvalue weighted by atomic mass is 9.83. The summed E-state index contributed by atoms with van der Waals surface area (Å²) in [6.07, 6.45) is -3.82. The van der Waals surface area contributed by atoms with Gasteiger partial charge < -0.3 is 19.2 Å². The molecule has 3 fully saturated rings. The topological polar surface area (TPSA) is 85.4 Å². The van der Waals surface area contributed by atoms with Crippen LogP contribution < -0.4 is 4.74 Å². The summed E-state index contributed by atoms with van der Waals surface area (Å²) in [5, 5.41) is 0.519. The number of rotatable bonds is 3. The van der Waals surface area contributed by atoms with Gasteiger partial charge in [-0.25, -0.2) is 4.79 Å². The van der Waals surface area contributed by atoms with Gasteiger partial charge in [-0.3, -0.25) is 9.59 Å². The molecule has 1 unspecified atom stereocenters. The van der Waals surface area contributed by atoms with E-state index >= 15 is 0 Å². The number of nitrogens with zero attached hydrogens (tertiary/aromatic N) is 2. The highest BCUT2D eigenvalue weighted by molar-refractivity contribution is 6.01. The van der Waals surface area contributed by atoms with Crippen LogP contribution in [0, 0.1) is 0 Å². The van der Waals surface area contributed by atoms with Gasteiger partial charge in [0.2, 0.25) is 0 Å². The lowest BCUT2D eigenvalue weighted by molar-refractivity contribution is -0.274. The number of imide groups is 1. The SMILES string of the molecule is O=C(ON1C(=O)CCC1=O)N1CCC2(CC1)CC(c1cccc(OC(F)(F)F)c1)CO2. The van der Waals surface area contributed by atoms with Gasteiger partial charge in [0.05, 0.1) is 12.2 Å². The van der Waals surface area contributed by atoms with Crippen molar-refractivity contribution >= 4 is 17.9 Å². The molecule has 0 aliphatic carbocycles. The van der Waals surface area contributed by atoms with Gasteiger partial charge in [-0.15, -0.1) is 18.2 Å². The second kappa shape index (κ2) is 8.03. The predicted molar refractivity (Wildman–Crippen MR) is 97.5 cm³/mol. The average molecular weight is 442 g/mol. The number of hydrogen-bond donors (Lipinski definition) is 0. The predicted octanol–water partition coefficient (Wildman–Crippen LogP) is 3.12. The summed E-state index contributed by atoms with van der Waals surface area (Å²) in [6, 6.07) is 5.88. The number of benzene rings is 1. The Balaban J connectivity index is 1.33. The van der Waals surface area contributed by atoms with Crippen molar-refractivity contribution in [1.82, 2.24) is 9.96 Å². The largest absolute Gasteiger partial charge is 0.573 e. The maximum atomic E-state index is 12.5. The van der Waals surface area contributed by atoms with Crippen molar-refractivity contribution in [2.24, 2.45) is 0 Å². The molecule has 3 aliphatic rings. The van der Waals surface area contributed by atoms with Crippen molar-refractivity contribution in [2.45, 2.75) is 50.0 Å². The van der Waals surface area contributed by atoms with Crippen LogP contribution in [0.25, 0.3) is 0 Å². The fourth-order valence-electron chi connectivity index (χ4n) is 4.26. The number of halogens is 3. The van der Waals surface area contributed by atoms with Crippen molar-refractivity contribution in [3.63, 3.8) is 0 Å². The van der Waals surface area contributed by atoms with Crippen LogP contribution in [0.4, 0.5) is 18.0 Å². The average Bonchev–Trinajstić information content (AvgIpc) is 3.26. The van der Waals surface area contributed by atoms with Crippen LogP contribution in [0.3, 0.4) is 0 Å². The molecule has 3 amide bonds. The summed E-state index contributed by atoms with van der Waals surface area (Å²) in [5.74, 6) is -1.43. The van der Waals surface area contributed by atoms with E-state index < -0.39 is 29.9 Å². The molecule has 0 bridgehead atoms. The number of carbonyl (C=O) groups is 3. The van der Waals surface area contributed by atoms with Crippen LogP contribution in [0.15, 0.2) is 24.3 Å². The molecule has 1 aromatic carbocycles. The second-order valence-corrected chi connectivity index (χ2v) is 7.94.